The van der Waals surface area contributed by atoms with Crippen molar-refractivity contribution in [3.63, 3.8) is 0 Å². The average molecular weight is 1440 g/mol. The van der Waals surface area contributed by atoms with Gasteiger partial charge in [0.1, 0.15) is 19.3 Å². The summed E-state index contributed by atoms with van der Waals surface area (Å²) >= 11 is 0. The van der Waals surface area contributed by atoms with Crippen LogP contribution in [0.3, 0.4) is 0 Å². The highest BCUT2D eigenvalue weighted by Crippen LogP contribution is 2.45. The molecule has 0 aliphatic rings. The molecular formula is C79H154O17P2. The van der Waals surface area contributed by atoms with E-state index in [2.05, 4.69) is 41.5 Å². The number of carbonyl (C=O) groups excluding carboxylic acids is 4. The summed E-state index contributed by atoms with van der Waals surface area (Å²) in [5.41, 5.74) is 0. The molecule has 0 aromatic heterocycles. The molecule has 0 rings (SSSR count). The maximum atomic E-state index is 13.1. The van der Waals surface area contributed by atoms with Crippen molar-refractivity contribution >= 4 is 39.5 Å². The first kappa shape index (κ1) is 96.1. The van der Waals surface area contributed by atoms with Crippen molar-refractivity contribution in [3.8, 4) is 0 Å². The van der Waals surface area contributed by atoms with Gasteiger partial charge in [0.15, 0.2) is 12.2 Å². The molecule has 582 valence electrons. The Hall–Kier alpha value is -1.94. The Bertz CT molecular complexity index is 1890. The Morgan fingerprint density at radius 1 is 0.296 bits per heavy atom. The molecule has 0 fully saturated rings. The third-order valence-corrected chi connectivity index (χ3v) is 20.7. The molecule has 0 aromatic carbocycles. The second-order valence-electron chi connectivity index (χ2n) is 29.2. The fourth-order valence-electron chi connectivity index (χ4n) is 12.2. The van der Waals surface area contributed by atoms with E-state index in [1.54, 1.807) is 0 Å². The van der Waals surface area contributed by atoms with E-state index >= 15 is 0 Å². The second-order valence-corrected chi connectivity index (χ2v) is 32.1. The number of esters is 4. The number of unbranched alkanes of at least 4 members (excludes halogenated alkanes) is 47. The standard InChI is InChI=1S/C79H154O17P2/c1-7-10-12-14-16-18-20-22-24-26-27-28-30-32-34-39-43-51-57-63-78(83)95-74(67-89-76(81)61-55-49-42-38-33-31-29-25-23-21-19-17-15-13-11-8-2)69-93-97(85,86)91-65-73(80)66-92-98(87,88)94-70-75(68-90-77(82)62-56-50-46-45-47-53-59-71(4)5)96-79(84)64-58-52-44-40-36-35-37-41-48-54-60-72(6)9-3/h71-75,80H,7-70H2,1-6H3,(H,85,86)(H,87,88)/t72?,73-,74-,75-/m1/s1. The summed E-state index contributed by atoms with van der Waals surface area (Å²) in [4.78, 5) is 72.9. The Labute approximate surface area is 600 Å². The van der Waals surface area contributed by atoms with Gasteiger partial charge < -0.3 is 33.8 Å². The van der Waals surface area contributed by atoms with Crippen LogP contribution in [0.15, 0.2) is 0 Å². The van der Waals surface area contributed by atoms with Crippen molar-refractivity contribution in [1.82, 2.24) is 0 Å². The van der Waals surface area contributed by atoms with E-state index in [0.717, 1.165) is 102 Å². The van der Waals surface area contributed by atoms with Crippen LogP contribution in [0.1, 0.15) is 414 Å². The van der Waals surface area contributed by atoms with Crippen molar-refractivity contribution in [3.05, 3.63) is 0 Å². The van der Waals surface area contributed by atoms with Crippen LogP contribution >= 0.6 is 15.6 Å². The fraction of sp³-hybridized carbons (Fsp3) is 0.949. The molecule has 0 saturated carbocycles. The minimum Gasteiger partial charge on any atom is -0.462 e. The van der Waals surface area contributed by atoms with Crippen LogP contribution in [0, 0.1) is 11.8 Å². The third-order valence-electron chi connectivity index (χ3n) is 18.8. The molecule has 17 nitrogen and oxygen atoms in total. The number of aliphatic hydroxyl groups is 1. The Morgan fingerprint density at radius 2 is 0.520 bits per heavy atom. The molecule has 3 unspecified atom stereocenters. The van der Waals surface area contributed by atoms with Gasteiger partial charge in [-0.2, -0.15) is 0 Å². The molecule has 0 aromatic rings. The highest BCUT2D eigenvalue weighted by molar-refractivity contribution is 7.47. The summed E-state index contributed by atoms with van der Waals surface area (Å²) < 4.78 is 68.6. The largest absolute Gasteiger partial charge is 0.472 e. The van der Waals surface area contributed by atoms with Crippen LogP contribution in [0.25, 0.3) is 0 Å². The molecular weight excluding hydrogens is 1280 g/mol. The van der Waals surface area contributed by atoms with Crippen molar-refractivity contribution < 1.29 is 80.2 Å². The summed E-state index contributed by atoms with van der Waals surface area (Å²) in [5, 5.41) is 10.6. The van der Waals surface area contributed by atoms with Gasteiger partial charge in [-0.25, -0.2) is 9.13 Å². The highest BCUT2D eigenvalue weighted by Gasteiger charge is 2.30. The lowest BCUT2D eigenvalue weighted by atomic mass is 9.99. The number of rotatable bonds is 78. The van der Waals surface area contributed by atoms with Crippen LogP contribution < -0.4 is 0 Å². The highest BCUT2D eigenvalue weighted by atomic mass is 31.2. The molecule has 0 saturated heterocycles. The van der Waals surface area contributed by atoms with Gasteiger partial charge in [0.05, 0.1) is 26.4 Å². The number of hydrogen-bond acceptors (Lipinski definition) is 15. The predicted octanol–water partition coefficient (Wildman–Crippen LogP) is 23.5. The van der Waals surface area contributed by atoms with E-state index in [0.29, 0.717) is 31.6 Å². The average Bonchev–Trinajstić information content (AvgIpc) is 1.57. The number of phosphoric ester groups is 2. The first-order chi connectivity index (χ1) is 47.4. The van der Waals surface area contributed by atoms with Gasteiger partial charge in [-0.1, -0.05) is 363 Å². The van der Waals surface area contributed by atoms with Crippen molar-refractivity contribution in [2.75, 3.05) is 39.6 Å². The molecule has 6 atom stereocenters. The molecule has 0 aliphatic heterocycles. The maximum Gasteiger partial charge on any atom is 0.472 e. The lowest BCUT2D eigenvalue weighted by Gasteiger charge is -2.21. The maximum absolute atomic E-state index is 13.1. The normalized spacial score (nSPS) is 14.2. The molecule has 0 amide bonds. The second kappa shape index (κ2) is 70.7. The minimum atomic E-state index is -4.96. The van der Waals surface area contributed by atoms with Gasteiger partial charge in [-0.15, -0.1) is 0 Å². The first-order valence-corrected chi connectivity index (χ1v) is 44.0. The van der Waals surface area contributed by atoms with E-state index in [-0.39, 0.29) is 25.7 Å². The lowest BCUT2D eigenvalue weighted by Crippen LogP contribution is -2.30. The predicted molar refractivity (Wildman–Crippen MR) is 400 cm³/mol. The molecule has 19 heteroatoms. The van der Waals surface area contributed by atoms with E-state index in [1.165, 1.54) is 225 Å². The number of phosphoric acid groups is 2. The SMILES string of the molecule is CCCCCCCCCCCCCCCCCCCCCC(=O)O[C@H](COC(=O)CCCCCCCCCCCCCCCCCC)COP(=O)(O)OC[C@@H](O)COP(=O)(O)OC[C@@H](COC(=O)CCCCCCCCC(C)C)OC(=O)CCCCCCCCCCCCC(C)CC. The van der Waals surface area contributed by atoms with E-state index in [4.69, 9.17) is 37.0 Å². The van der Waals surface area contributed by atoms with Gasteiger partial charge in [0.2, 0.25) is 0 Å². The zero-order chi connectivity index (χ0) is 72.1. The van der Waals surface area contributed by atoms with Crippen LogP contribution in [-0.2, 0) is 65.4 Å². The first-order valence-electron chi connectivity index (χ1n) is 41.0. The summed E-state index contributed by atoms with van der Waals surface area (Å²) in [6, 6.07) is 0. The topological polar surface area (TPSA) is 237 Å². The van der Waals surface area contributed by atoms with Crippen molar-refractivity contribution in [2.45, 2.75) is 432 Å². The monoisotopic (exact) mass is 1440 g/mol. The van der Waals surface area contributed by atoms with E-state index in [1.807, 2.05) is 0 Å². The molecule has 0 aliphatic carbocycles. The Morgan fingerprint density at radius 3 is 0.776 bits per heavy atom. The minimum absolute atomic E-state index is 0.105. The summed E-state index contributed by atoms with van der Waals surface area (Å²) in [5.74, 6) is -0.631. The van der Waals surface area contributed by atoms with Gasteiger partial charge in [-0.3, -0.25) is 37.3 Å². The van der Waals surface area contributed by atoms with Crippen molar-refractivity contribution in [2.24, 2.45) is 11.8 Å². The zero-order valence-electron chi connectivity index (χ0n) is 64.1. The number of hydrogen-bond donors (Lipinski definition) is 3. The summed E-state index contributed by atoms with van der Waals surface area (Å²) in [6.45, 7) is 9.56. The van der Waals surface area contributed by atoms with Crippen LogP contribution in [0.2, 0.25) is 0 Å². The summed E-state index contributed by atoms with van der Waals surface area (Å²) in [7, 11) is -9.92. The van der Waals surface area contributed by atoms with Gasteiger partial charge in [-0.05, 0) is 37.5 Å². The van der Waals surface area contributed by atoms with E-state index in [9.17, 15) is 43.2 Å². The zero-order valence-corrected chi connectivity index (χ0v) is 65.9. The Kier molecular flexibility index (Phi) is 69.3. The lowest BCUT2D eigenvalue weighted by molar-refractivity contribution is -0.161. The molecule has 0 heterocycles. The quantitative estimate of drug-likeness (QED) is 0.0222. The number of aliphatic hydroxyl groups excluding tert-OH is 1. The van der Waals surface area contributed by atoms with Gasteiger partial charge in [0.25, 0.3) is 0 Å². The van der Waals surface area contributed by atoms with Crippen LogP contribution in [-0.4, -0.2) is 96.7 Å². The van der Waals surface area contributed by atoms with Crippen molar-refractivity contribution in [1.29, 1.82) is 0 Å². The third kappa shape index (κ3) is 71.1. The molecule has 3 N–H and O–H groups in total. The molecule has 0 bridgehead atoms. The number of carbonyl (C=O) groups is 4. The molecule has 0 spiro atoms. The van der Waals surface area contributed by atoms with E-state index < -0.39 is 97.5 Å². The molecule has 98 heavy (non-hydrogen) atoms. The fourth-order valence-corrected chi connectivity index (χ4v) is 13.7. The van der Waals surface area contributed by atoms with Gasteiger partial charge in [0, 0.05) is 25.7 Å². The molecule has 0 radical (unpaired) electrons. The van der Waals surface area contributed by atoms with Crippen LogP contribution in [0.4, 0.5) is 0 Å². The summed E-state index contributed by atoms with van der Waals surface area (Å²) in [6.07, 6.45) is 59.8. The smallest absolute Gasteiger partial charge is 0.462 e. The van der Waals surface area contributed by atoms with Gasteiger partial charge >= 0.3 is 39.5 Å². The number of ether oxygens (including phenoxy) is 4. The van der Waals surface area contributed by atoms with Crippen LogP contribution in [0.5, 0.6) is 0 Å². The Balaban J connectivity index is 5.23.